The Morgan fingerprint density at radius 1 is 1.13 bits per heavy atom. The molecule has 0 radical (unpaired) electrons. The van der Waals surface area contributed by atoms with Crippen LogP contribution in [0, 0.1) is 11.3 Å². The van der Waals surface area contributed by atoms with E-state index in [1.165, 1.54) is 0 Å². The molecule has 0 aromatic carbocycles. The van der Waals surface area contributed by atoms with Crippen LogP contribution in [-0.4, -0.2) is 96.1 Å². The Balaban J connectivity index is 1.03. The van der Waals surface area contributed by atoms with Gasteiger partial charge in [-0.3, -0.25) is 9.69 Å². The van der Waals surface area contributed by atoms with E-state index in [1.54, 1.807) is 4.90 Å². The molecule has 0 N–H and O–H groups in total. The van der Waals surface area contributed by atoms with Crippen molar-refractivity contribution >= 4 is 5.91 Å². The van der Waals surface area contributed by atoms with Crippen LogP contribution in [0.1, 0.15) is 82.8 Å². The number of nitrogens with zero attached hydrogens (tertiary/aromatic N) is 4. The number of carbonyl (C=O) groups is 1. The first-order chi connectivity index (χ1) is 18.5. The average Bonchev–Trinajstić information content (AvgIpc) is 3.23. The third-order valence-electron chi connectivity index (χ3n) is 9.72. The molecule has 39 heavy (non-hydrogen) atoms. The molecule has 1 amide bonds. The van der Waals surface area contributed by atoms with Crippen LogP contribution in [0.4, 0.5) is 13.2 Å². The summed E-state index contributed by atoms with van der Waals surface area (Å²) >= 11 is 0. The fourth-order valence-electron chi connectivity index (χ4n) is 6.86. The second-order valence-corrected chi connectivity index (χ2v) is 13.3. The van der Waals surface area contributed by atoms with Gasteiger partial charge in [0, 0.05) is 56.4 Å². The van der Waals surface area contributed by atoms with Gasteiger partial charge in [-0.05, 0) is 38.5 Å². The minimum Gasteiger partial charge on any atom is -0.380 e. The molecule has 1 aromatic rings. The number of halogens is 3. The zero-order chi connectivity index (χ0) is 27.4. The van der Waals surface area contributed by atoms with Crippen molar-refractivity contribution in [2.24, 2.45) is 11.3 Å². The van der Waals surface area contributed by atoms with Gasteiger partial charge in [0.05, 0.1) is 37.3 Å². The highest BCUT2D eigenvalue weighted by Crippen LogP contribution is 2.45. The van der Waals surface area contributed by atoms with Crippen LogP contribution in [0.2, 0.25) is 0 Å². The lowest BCUT2D eigenvalue weighted by Crippen LogP contribution is -2.50. The summed E-state index contributed by atoms with van der Waals surface area (Å²) in [6, 6.07) is 0. The van der Waals surface area contributed by atoms with Gasteiger partial charge in [0.1, 0.15) is 6.17 Å². The van der Waals surface area contributed by atoms with Gasteiger partial charge in [0.15, 0.2) is 5.82 Å². The smallest absolute Gasteiger partial charge is 0.253 e. The molecule has 8 nitrogen and oxygen atoms in total. The van der Waals surface area contributed by atoms with E-state index in [0.29, 0.717) is 56.9 Å². The van der Waals surface area contributed by atoms with E-state index in [-0.39, 0.29) is 36.2 Å². The molecule has 5 aliphatic rings. The highest BCUT2D eigenvalue weighted by atomic mass is 19.3. The summed E-state index contributed by atoms with van der Waals surface area (Å²) in [6.45, 7) is 9.23. The zero-order valence-corrected chi connectivity index (χ0v) is 23.0. The number of piperidine rings is 1. The third kappa shape index (κ3) is 5.73. The summed E-state index contributed by atoms with van der Waals surface area (Å²) < 4.78 is 60.8. The lowest BCUT2D eigenvalue weighted by Gasteiger charge is -2.42. The number of ether oxygens (including phenoxy) is 2. The maximum atomic E-state index is 15.2. The molecule has 3 aliphatic heterocycles. The molecule has 11 heteroatoms. The molecule has 4 heterocycles. The number of rotatable bonds is 8. The fraction of sp³-hybridized carbons (Fsp3) is 0.893. The third-order valence-corrected chi connectivity index (χ3v) is 9.72. The molecule has 3 saturated heterocycles. The number of likely N-dealkylation sites (tertiary alicyclic amines) is 2. The predicted molar refractivity (Wildman–Crippen MR) is 135 cm³/mol. The van der Waals surface area contributed by atoms with Crippen LogP contribution in [0.15, 0.2) is 4.52 Å². The molecule has 0 bridgehead atoms. The Hall–Kier alpha value is -1.72. The number of hydrogen-bond acceptors (Lipinski definition) is 7. The molecule has 2 saturated carbocycles. The minimum atomic E-state index is -2.92. The molecule has 0 unspecified atom stereocenters. The molecular weight excluding hydrogens is 513 g/mol. The predicted octanol–water partition coefficient (Wildman–Crippen LogP) is 4.10. The van der Waals surface area contributed by atoms with Crippen molar-refractivity contribution in [1.82, 2.24) is 19.9 Å². The number of amides is 1. The van der Waals surface area contributed by atoms with Gasteiger partial charge in [-0.25, -0.2) is 13.2 Å². The van der Waals surface area contributed by atoms with Gasteiger partial charge in [-0.1, -0.05) is 19.0 Å². The maximum Gasteiger partial charge on any atom is 0.253 e. The van der Waals surface area contributed by atoms with Crippen LogP contribution in [-0.2, 0) is 19.7 Å². The van der Waals surface area contributed by atoms with Gasteiger partial charge in [-0.2, -0.15) is 4.98 Å². The second-order valence-electron chi connectivity index (χ2n) is 13.3. The second kappa shape index (κ2) is 10.3. The highest BCUT2D eigenvalue weighted by Gasteiger charge is 2.50. The van der Waals surface area contributed by atoms with Crippen LogP contribution in [0.3, 0.4) is 0 Å². The number of alkyl halides is 3. The molecule has 218 valence electrons. The topological polar surface area (TPSA) is 80.9 Å². The summed E-state index contributed by atoms with van der Waals surface area (Å²) in [7, 11) is 0. The van der Waals surface area contributed by atoms with E-state index in [9.17, 15) is 9.18 Å². The zero-order valence-electron chi connectivity index (χ0n) is 23.0. The van der Waals surface area contributed by atoms with E-state index >= 15 is 8.78 Å². The maximum absolute atomic E-state index is 15.2. The lowest BCUT2D eigenvalue weighted by molar-refractivity contribution is -0.174. The van der Waals surface area contributed by atoms with Gasteiger partial charge in [-0.15, -0.1) is 0 Å². The Morgan fingerprint density at radius 3 is 2.54 bits per heavy atom. The SMILES string of the molecule is CC1(CN2CC[C@H](O[C@H]3CCCC(F)(F)[C@@H]3CC(=O)N3CCC(C)(c4noc([C@@H]5C[C@@H]5F)n4)CC3)C2)COC1. The van der Waals surface area contributed by atoms with Crippen molar-refractivity contribution in [3.05, 3.63) is 11.7 Å². The number of aromatic nitrogens is 2. The number of hydrogen-bond donors (Lipinski definition) is 0. The first kappa shape index (κ1) is 27.4. The van der Waals surface area contributed by atoms with Crippen LogP contribution >= 0.6 is 0 Å². The highest BCUT2D eigenvalue weighted by molar-refractivity contribution is 5.76. The van der Waals surface area contributed by atoms with E-state index in [1.807, 2.05) is 6.92 Å². The van der Waals surface area contributed by atoms with Gasteiger partial charge >= 0.3 is 0 Å². The summed E-state index contributed by atoms with van der Waals surface area (Å²) in [5.74, 6) is -3.67. The van der Waals surface area contributed by atoms with Crippen molar-refractivity contribution in [1.29, 1.82) is 0 Å². The van der Waals surface area contributed by atoms with Crippen LogP contribution < -0.4 is 0 Å². The monoisotopic (exact) mass is 554 g/mol. The van der Waals surface area contributed by atoms with E-state index in [2.05, 4.69) is 22.0 Å². The van der Waals surface area contributed by atoms with Crippen LogP contribution in [0.5, 0.6) is 0 Å². The summed E-state index contributed by atoms with van der Waals surface area (Å²) in [5.41, 5.74) is -0.219. The number of carbonyl (C=O) groups excluding carboxylic acids is 1. The quantitative estimate of drug-likeness (QED) is 0.479. The first-order valence-corrected chi connectivity index (χ1v) is 14.6. The van der Waals surface area contributed by atoms with Crippen molar-refractivity contribution in [3.8, 4) is 0 Å². The Bertz CT molecular complexity index is 1040. The standard InChI is InChI=1S/C28H41F3N4O4/c1-26(16-37-17-26)15-34-9-5-18(14-34)38-22-4-3-6-28(30,31)20(22)13-23(36)35-10-7-27(2,8-11-35)25-32-24(39-33-25)19-12-21(19)29/h18-22H,3-17H2,1-2H3/t18-,19+,20+,21-,22-/m0/s1. The van der Waals surface area contributed by atoms with E-state index in [4.69, 9.17) is 14.0 Å². The molecule has 5 fully saturated rings. The Morgan fingerprint density at radius 2 is 1.87 bits per heavy atom. The van der Waals surface area contributed by atoms with Gasteiger partial charge in [0.2, 0.25) is 11.8 Å². The van der Waals surface area contributed by atoms with Crippen molar-refractivity contribution < 1.29 is 32.0 Å². The lowest BCUT2D eigenvalue weighted by atomic mass is 9.78. The van der Waals surface area contributed by atoms with Crippen molar-refractivity contribution in [2.45, 2.75) is 101 Å². The van der Waals surface area contributed by atoms with E-state index in [0.717, 1.165) is 39.3 Å². The largest absolute Gasteiger partial charge is 0.380 e. The molecule has 0 spiro atoms. The van der Waals surface area contributed by atoms with E-state index < -0.39 is 29.5 Å². The molecule has 2 aliphatic carbocycles. The minimum absolute atomic E-state index is 0.0787. The molecular formula is C28H41F3N4O4. The van der Waals surface area contributed by atoms with Crippen molar-refractivity contribution in [3.63, 3.8) is 0 Å². The Labute approximate surface area is 227 Å². The molecule has 1 aromatic heterocycles. The summed E-state index contributed by atoms with van der Waals surface area (Å²) in [4.78, 5) is 21.8. The van der Waals surface area contributed by atoms with Crippen LogP contribution in [0.25, 0.3) is 0 Å². The fourth-order valence-corrected chi connectivity index (χ4v) is 6.86. The first-order valence-electron chi connectivity index (χ1n) is 14.6. The molecule has 6 rings (SSSR count). The summed E-state index contributed by atoms with van der Waals surface area (Å²) in [5, 5.41) is 4.10. The normalized spacial score (nSPS) is 35.5. The summed E-state index contributed by atoms with van der Waals surface area (Å²) in [6.07, 6.45) is 1.43. The average molecular weight is 555 g/mol. The molecule has 5 atom stereocenters. The van der Waals surface area contributed by atoms with Crippen molar-refractivity contribution in [2.75, 3.05) is 45.9 Å². The van der Waals surface area contributed by atoms with Gasteiger partial charge < -0.3 is 18.9 Å². The van der Waals surface area contributed by atoms with Gasteiger partial charge in [0.25, 0.3) is 5.92 Å². The Kier molecular flexibility index (Phi) is 7.23.